The summed E-state index contributed by atoms with van der Waals surface area (Å²) < 4.78 is 27.6. The quantitative estimate of drug-likeness (QED) is 0.768. The summed E-state index contributed by atoms with van der Waals surface area (Å²) in [4.78, 5) is 11.1. The fourth-order valence-corrected chi connectivity index (χ4v) is 2.15. The summed E-state index contributed by atoms with van der Waals surface area (Å²) in [7, 11) is -3.93. The van der Waals surface area contributed by atoms with E-state index >= 15 is 0 Å². The fourth-order valence-electron chi connectivity index (χ4n) is 1.43. The van der Waals surface area contributed by atoms with Crippen LogP contribution in [-0.4, -0.2) is 20.3 Å². The second-order valence-corrected chi connectivity index (χ2v) is 5.11. The molecule has 0 aliphatic carbocycles. The topological polar surface area (TPSA) is 87.6 Å². The third-order valence-electron chi connectivity index (χ3n) is 2.45. The number of hydrogen-bond donors (Lipinski definition) is 2. The summed E-state index contributed by atoms with van der Waals surface area (Å²) >= 11 is 0. The number of carbonyl (C=O) groups is 1. The minimum absolute atomic E-state index is 0.0388. The van der Waals surface area contributed by atoms with E-state index in [0.29, 0.717) is 5.56 Å². The number of hydrogen-bond acceptors (Lipinski definition) is 3. The van der Waals surface area contributed by atoms with Gasteiger partial charge >= 0.3 is 16.2 Å². The first-order chi connectivity index (χ1) is 7.87. The van der Waals surface area contributed by atoms with Crippen molar-refractivity contribution in [1.82, 2.24) is 10.0 Å². The Bertz CT molecular complexity index is 620. The maximum absolute atomic E-state index is 11.2. The minimum Gasteiger partial charge on any atom is -0.290 e. The van der Waals surface area contributed by atoms with Gasteiger partial charge in [0.25, 0.3) is 0 Å². The average molecular weight is 253 g/mol. The molecule has 1 aromatic rings. The highest BCUT2D eigenvalue weighted by Gasteiger charge is 2.23. The SMILES string of the molecule is Cc1ccc(C2=NS(=O)(=O)NC(=O)N2)cc1C. The molecule has 7 heteroatoms. The lowest BCUT2D eigenvalue weighted by Gasteiger charge is -2.15. The van der Waals surface area contributed by atoms with Crippen LogP contribution in [0.25, 0.3) is 0 Å². The lowest BCUT2D eigenvalue weighted by Crippen LogP contribution is -2.47. The van der Waals surface area contributed by atoms with Crippen molar-refractivity contribution in [3.8, 4) is 0 Å². The molecule has 1 aliphatic rings. The van der Waals surface area contributed by atoms with E-state index in [1.807, 2.05) is 19.9 Å². The Morgan fingerprint density at radius 2 is 1.88 bits per heavy atom. The molecule has 0 radical (unpaired) electrons. The van der Waals surface area contributed by atoms with Crippen LogP contribution < -0.4 is 10.0 Å². The summed E-state index contributed by atoms with van der Waals surface area (Å²) in [5.41, 5.74) is 2.64. The summed E-state index contributed by atoms with van der Waals surface area (Å²) in [6.45, 7) is 3.84. The first-order valence-electron chi connectivity index (χ1n) is 4.89. The molecule has 0 spiro atoms. The van der Waals surface area contributed by atoms with Crippen molar-refractivity contribution in [3.05, 3.63) is 34.9 Å². The Morgan fingerprint density at radius 3 is 2.47 bits per heavy atom. The number of urea groups is 1. The van der Waals surface area contributed by atoms with E-state index in [2.05, 4.69) is 9.71 Å². The molecule has 2 rings (SSSR count). The van der Waals surface area contributed by atoms with E-state index in [1.165, 1.54) is 0 Å². The number of amidine groups is 1. The number of nitrogens with one attached hydrogen (secondary N) is 2. The van der Waals surface area contributed by atoms with Gasteiger partial charge in [0.15, 0.2) is 5.84 Å². The predicted octanol–water partition coefficient (Wildman–Crippen LogP) is 0.608. The van der Waals surface area contributed by atoms with Crippen molar-refractivity contribution in [1.29, 1.82) is 0 Å². The van der Waals surface area contributed by atoms with Gasteiger partial charge in [0, 0.05) is 5.56 Å². The highest BCUT2D eigenvalue weighted by atomic mass is 32.2. The third kappa shape index (κ3) is 2.44. The first-order valence-corrected chi connectivity index (χ1v) is 6.33. The summed E-state index contributed by atoms with van der Waals surface area (Å²) in [6.07, 6.45) is 0. The molecule has 0 atom stereocenters. The van der Waals surface area contributed by atoms with Gasteiger partial charge in [0.1, 0.15) is 0 Å². The van der Waals surface area contributed by atoms with Gasteiger partial charge in [0.2, 0.25) is 0 Å². The molecular formula is C10H11N3O3S. The van der Waals surface area contributed by atoms with Crippen molar-refractivity contribution in [2.45, 2.75) is 13.8 Å². The number of carbonyl (C=O) groups excluding carboxylic acids is 1. The number of amides is 2. The van der Waals surface area contributed by atoms with Crippen LogP contribution in [0.5, 0.6) is 0 Å². The van der Waals surface area contributed by atoms with Gasteiger partial charge in [-0.1, -0.05) is 12.1 Å². The van der Waals surface area contributed by atoms with E-state index in [0.717, 1.165) is 11.1 Å². The molecular weight excluding hydrogens is 242 g/mol. The normalized spacial score (nSPS) is 18.0. The minimum atomic E-state index is -3.93. The summed E-state index contributed by atoms with van der Waals surface area (Å²) in [5, 5.41) is 2.36. The van der Waals surface area contributed by atoms with E-state index < -0.39 is 16.2 Å². The van der Waals surface area contributed by atoms with E-state index in [1.54, 1.807) is 16.9 Å². The van der Waals surface area contributed by atoms with Gasteiger partial charge in [-0.3, -0.25) is 5.32 Å². The number of nitrogens with zero attached hydrogens (tertiary/aromatic N) is 1. The summed E-state index contributed by atoms with van der Waals surface area (Å²) in [5.74, 6) is 0.0388. The van der Waals surface area contributed by atoms with Gasteiger partial charge in [-0.05, 0) is 31.0 Å². The van der Waals surface area contributed by atoms with E-state index in [9.17, 15) is 13.2 Å². The zero-order chi connectivity index (χ0) is 12.6. The standard InChI is InChI=1S/C10H11N3O3S/c1-6-3-4-8(5-7(6)2)9-11-10(14)13-17(15,16)12-9/h3-5H,1-2H3,(H2,11,12,13,14). The molecule has 6 nitrogen and oxygen atoms in total. The molecule has 17 heavy (non-hydrogen) atoms. The third-order valence-corrected chi connectivity index (χ3v) is 3.31. The van der Waals surface area contributed by atoms with Gasteiger partial charge in [-0.25, -0.2) is 9.52 Å². The van der Waals surface area contributed by atoms with Crippen LogP contribution in [0.4, 0.5) is 4.79 Å². The Hall–Kier alpha value is -1.89. The highest BCUT2D eigenvalue weighted by Crippen LogP contribution is 2.11. The van der Waals surface area contributed by atoms with Crippen molar-refractivity contribution in [2.75, 3.05) is 0 Å². The number of benzene rings is 1. The van der Waals surface area contributed by atoms with E-state index in [4.69, 9.17) is 0 Å². The molecule has 1 aliphatic heterocycles. The van der Waals surface area contributed by atoms with Crippen molar-refractivity contribution in [3.63, 3.8) is 0 Å². The van der Waals surface area contributed by atoms with E-state index in [-0.39, 0.29) is 5.84 Å². The molecule has 2 amide bonds. The van der Waals surface area contributed by atoms with Crippen LogP contribution in [0.15, 0.2) is 22.6 Å². The smallest absolute Gasteiger partial charge is 0.290 e. The second kappa shape index (κ2) is 3.85. The lowest BCUT2D eigenvalue weighted by molar-refractivity contribution is 0.249. The Morgan fingerprint density at radius 1 is 1.18 bits per heavy atom. The molecule has 0 bridgehead atoms. The largest absolute Gasteiger partial charge is 0.347 e. The predicted molar refractivity (Wildman–Crippen MR) is 63.0 cm³/mol. The maximum atomic E-state index is 11.2. The maximum Gasteiger partial charge on any atom is 0.347 e. The Labute approximate surface area is 98.9 Å². The van der Waals surface area contributed by atoms with Crippen molar-refractivity contribution < 1.29 is 13.2 Å². The monoisotopic (exact) mass is 253 g/mol. The lowest BCUT2D eigenvalue weighted by atomic mass is 10.1. The highest BCUT2D eigenvalue weighted by molar-refractivity contribution is 7.89. The molecule has 0 unspecified atom stereocenters. The molecule has 90 valence electrons. The number of rotatable bonds is 1. The summed E-state index contributed by atoms with van der Waals surface area (Å²) in [6, 6.07) is 4.53. The van der Waals surface area contributed by atoms with Gasteiger partial charge in [-0.2, -0.15) is 8.42 Å². The molecule has 0 aromatic heterocycles. The number of aryl methyl sites for hydroxylation is 2. The molecule has 0 saturated heterocycles. The zero-order valence-corrected chi connectivity index (χ0v) is 10.1. The molecule has 1 heterocycles. The van der Waals surface area contributed by atoms with Crippen molar-refractivity contribution >= 4 is 22.1 Å². The molecule has 2 N–H and O–H groups in total. The average Bonchev–Trinajstić information content (AvgIpc) is 2.19. The zero-order valence-electron chi connectivity index (χ0n) is 9.31. The van der Waals surface area contributed by atoms with Crippen LogP contribution in [0, 0.1) is 13.8 Å². The molecule has 0 fully saturated rings. The van der Waals surface area contributed by atoms with Gasteiger partial charge < -0.3 is 0 Å². The van der Waals surface area contributed by atoms with Gasteiger partial charge in [0.05, 0.1) is 0 Å². The van der Waals surface area contributed by atoms with Gasteiger partial charge in [-0.15, -0.1) is 4.40 Å². The van der Waals surface area contributed by atoms with Crippen molar-refractivity contribution in [2.24, 2.45) is 4.40 Å². The fraction of sp³-hybridized carbons (Fsp3) is 0.200. The Kier molecular flexibility index (Phi) is 2.62. The first kappa shape index (κ1) is 11.6. The van der Waals surface area contributed by atoms with Crippen LogP contribution in [0.3, 0.4) is 0 Å². The molecule has 0 saturated carbocycles. The van der Waals surface area contributed by atoms with Crippen LogP contribution >= 0.6 is 0 Å². The van der Waals surface area contributed by atoms with Crippen LogP contribution in [-0.2, 0) is 10.2 Å². The molecule has 1 aromatic carbocycles. The van der Waals surface area contributed by atoms with Crippen LogP contribution in [0.2, 0.25) is 0 Å². The second-order valence-electron chi connectivity index (χ2n) is 3.77. The Balaban J connectivity index is 2.50. The van der Waals surface area contributed by atoms with Crippen LogP contribution in [0.1, 0.15) is 16.7 Å².